The minimum Gasteiger partial charge on any atom is -0.497 e. The van der Waals surface area contributed by atoms with Crippen LogP contribution in [0.4, 0.5) is 0 Å². The molecule has 1 aliphatic rings. The van der Waals surface area contributed by atoms with Crippen molar-refractivity contribution in [2.24, 2.45) is 0 Å². The van der Waals surface area contributed by atoms with Crippen molar-refractivity contribution in [3.63, 3.8) is 0 Å². The summed E-state index contributed by atoms with van der Waals surface area (Å²) in [5, 5.41) is 0. The van der Waals surface area contributed by atoms with E-state index in [4.69, 9.17) is 9.47 Å². The lowest BCUT2D eigenvalue weighted by molar-refractivity contribution is 0.0174. The van der Waals surface area contributed by atoms with Crippen molar-refractivity contribution in [2.45, 2.75) is 19.4 Å². The minimum atomic E-state index is 0.0382. The number of methoxy groups -OCH3 is 1. The maximum absolute atomic E-state index is 12.4. The van der Waals surface area contributed by atoms with Gasteiger partial charge < -0.3 is 14.4 Å². The summed E-state index contributed by atoms with van der Waals surface area (Å²) in [5.41, 5.74) is 1.88. The quantitative estimate of drug-likeness (QED) is 0.851. The molecular formula is C19H21NO3. The van der Waals surface area contributed by atoms with E-state index in [0.29, 0.717) is 18.7 Å². The lowest BCUT2D eigenvalue weighted by Crippen LogP contribution is -2.56. The van der Waals surface area contributed by atoms with E-state index in [1.807, 2.05) is 18.2 Å². The topological polar surface area (TPSA) is 38.8 Å². The number of ether oxygens (including phenoxy) is 2. The zero-order chi connectivity index (χ0) is 16.2. The fraction of sp³-hybridized carbons (Fsp3) is 0.316. The van der Waals surface area contributed by atoms with E-state index >= 15 is 0 Å². The van der Waals surface area contributed by atoms with E-state index in [1.165, 1.54) is 5.56 Å². The number of carbonyl (C=O) groups excluding carboxylic acids is 1. The van der Waals surface area contributed by atoms with Gasteiger partial charge in [0.05, 0.1) is 20.2 Å². The molecule has 1 fully saturated rings. The first-order valence-corrected chi connectivity index (χ1v) is 7.89. The molecule has 23 heavy (non-hydrogen) atoms. The first-order chi connectivity index (χ1) is 11.2. The summed E-state index contributed by atoms with van der Waals surface area (Å²) >= 11 is 0. The van der Waals surface area contributed by atoms with Crippen LogP contribution in [0.1, 0.15) is 22.8 Å². The molecule has 1 saturated heterocycles. The molecule has 0 aromatic heterocycles. The third-order valence-electron chi connectivity index (χ3n) is 4.12. The van der Waals surface area contributed by atoms with Crippen molar-refractivity contribution in [3.8, 4) is 11.5 Å². The summed E-state index contributed by atoms with van der Waals surface area (Å²) in [7, 11) is 1.61. The largest absolute Gasteiger partial charge is 0.497 e. The SMILES string of the molecule is CCc1ccccc1OC1CN(C(=O)c2ccc(OC)cc2)C1. The van der Waals surface area contributed by atoms with Crippen molar-refractivity contribution in [2.75, 3.05) is 20.2 Å². The van der Waals surface area contributed by atoms with Crippen molar-refractivity contribution < 1.29 is 14.3 Å². The molecule has 0 aliphatic carbocycles. The van der Waals surface area contributed by atoms with Gasteiger partial charge in [-0.05, 0) is 42.3 Å². The smallest absolute Gasteiger partial charge is 0.254 e. The lowest BCUT2D eigenvalue weighted by Gasteiger charge is -2.39. The van der Waals surface area contributed by atoms with Crippen LogP contribution in [0.25, 0.3) is 0 Å². The van der Waals surface area contributed by atoms with Crippen LogP contribution in [0.2, 0.25) is 0 Å². The molecule has 0 saturated carbocycles. The van der Waals surface area contributed by atoms with Crippen molar-refractivity contribution in [1.29, 1.82) is 0 Å². The molecule has 0 spiro atoms. The van der Waals surface area contributed by atoms with Gasteiger partial charge in [0.1, 0.15) is 17.6 Å². The Kier molecular flexibility index (Phi) is 4.51. The van der Waals surface area contributed by atoms with Gasteiger partial charge in [0.25, 0.3) is 5.91 Å². The monoisotopic (exact) mass is 311 g/mol. The molecule has 1 amide bonds. The Morgan fingerprint density at radius 2 is 1.83 bits per heavy atom. The summed E-state index contributed by atoms with van der Waals surface area (Å²) in [5.74, 6) is 1.72. The summed E-state index contributed by atoms with van der Waals surface area (Å²) < 4.78 is 11.1. The Bertz CT molecular complexity index is 675. The third-order valence-corrected chi connectivity index (χ3v) is 4.12. The predicted octanol–water partition coefficient (Wildman–Crippen LogP) is 3.16. The molecule has 4 heteroatoms. The maximum Gasteiger partial charge on any atom is 0.254 e. The van der Waals surface area contributed by atoms with Gasteiger partial charge in [-0.1, -0.05) is 25.1 Å². The van der Waals surface area contributed by atoms with Gasteiger partial charge in [-0.15, -0.1) is 0 Å². The second kappa shape index (κ2) is 6.73. The Labute approximate surface area is 136 Å². The van der Waals surface area contributed by atoms with E-state index in [-0.39, 0.29) is 12.0 Å². The molecule has 0 unspecified atom stereocenters. The number of carbonyl (C=O) groups is 1. The van der Waals surface area contributed by atoms with Gasteiger partial charge in [-0.25, -0.2) is 0 Å². The molecular weight excluding hydrogens is 290 g/mol. The highest BCUT2D eigenvalue weighted by molar-refractivity contribution is 5.94. The first-order valence-electron chi connectivity index (χ1n) is 7.89. The van der Waals surface area contributed by atoms with Crippen molar-refractivity contribution in [1.82, 2.24) is 4.90 Å². The van der Waals surface area contributed by atoms with E-state index in [2.05, 4.69) is 13.0 Å². The number of likely N-dealkylation sites (tertiary alicyclic amines) is 1. The number of benzene rings is 2. The van der Waals surface area contributed by atoms with Crippen LogP contribution in [-0.2, 0) is 6.42 Å². The average Bonchev–Trinajstić information content (AvgIpc) is 2.57. The van der Waals surface area contributed by atoms with Gasteiger partial charge in [-0.3, -0.25) is 4.79 Å². The van der Waals surface area contributed by atoms with Crippen LogP contribution in [0.5, 0.6) is 11.5 Å². The number of aryl methyl sites for hydroxylation is 1. The molecule has 2 aromatic carbocycles. The molecule has 0 N–H and O–H groups in total. The van der Waals surface area contributed by atoms with E-state index in [1.54, 1.807) is 36.3 Å². The zero-order valence-corrected chi connectivity index (χ0v) is 13.5. The summed E-state index contributed by atoms with van der Waals surface area (Å²) in [6.07, 6.45) is 1.02. The average molecular weight is 311 g/mol. The Morgan fingerprint density at radius 3 is 2.48 bits per heavy atom. The summed E-state index contributed by atoms with van der Waals surface area (Å²) in [6.45, 7) is 3.37. The van der Waals surface area contributed by atoms with Crippen LogP contribution in [0.3, 0.4) is 0 Å². The molecule has 0 bridgehead atoms. The molecule has 1 aliphatic heterocycles. The summed E-state index contributed by atoms with van der Waals surface area (Å²) in [6, 6.07) is 15.3. The molecule has 1 heterocycles. The number of rotatable bonds is 5. The third kappa shape index (κ3) is 3.31. The zero-order valence-electron chi connectivity index (χ0n) is 13.5. The van der Waals surface area contributed by atoms with Gasteiger partial charge in [0, 0.05) is 5.56 Å². The fourth-order valence-corrected chi connectivity index (χ4v) is 2.69. The van der Waals surface area contributed by atoms with Gasteiger partial charge in [0.15, 0.2) is 0 Å². The second-order valence-corrected chi connectivity index (χ2v) is 5.64. The van der Waals surface area contributed by atoms with Crippen molar-refractivity contribution >= 4 is 5.91 Å². The van der Waals surface area contributed by atoms with Crippen LogP contribution in [0.15, 0.2) is 48.5 Å². The Morgan fingerprint density at radius 1 is 1.13 bits per heavy atom. The highest BCUT2D eigenvalue weighted by atomic mass is 16.5. The standard InChI is InChI=1S/C19H21NO3/c1-3-14-6-4-5-7-18(14)23-17-12-20(13-17)19(21)15-8-10-16(22-2)11-9-15/h4-11,17H,3,12-13H2,1-2H3. The van der Waals surface area contributed by atoms with Gasteiger partial charge >= 0.3 is 0 Å². The van der Waals surface area contributed by atoms with Gasteiger partial charge in [0.2, 0.25) is 0 Å². The van der Waals surface area contributed by atoms with E-state index in [0.717, 1.165) is 17.9 Å². The van der Waals surface area contributed by atoms with Crippen LogP contribution >= 0.6 is 0 Å². The minimum absolute atomic E-state index is 0.0382. The number of hydrogen-bond acceptors (Lipinski definition) is 3. The van der Waals surface area contributed by atoms with Crippen LogP contribution in [-0.4, -0.2) is 37.1 Å². The number of nitrogens with zero attached hydrogens (tertiary/aromatic N) is 1. The highest BCUT2D eigenvalue weighted by Crippen LogP contribution is 2.24. The molecule has 120 valence electrons. The molecule has 0 radical (unpaired) electrons. The summed E-state index contributed by atoms with van der Waals surface area (Å²) in [4.78, 5) is 14.2. The number of hydrogen-bond donors (Lipinski definition) is 0. The predicted molar refractivity (Wildman–Crippen MR) is 89.1 cm³/mol. The molecule has 2 aromatic rings. The first kappa shape index (κ1) is 15.4. The normalized spacial score (nSPS) is 14.3. The van der Waals surface area contributed by atoms with E-state index in [9.17, 15) is 4.79 Å². The van der Waals surface area contributed by atoms with Crippen molar-refractivity contribution in [3.05, 3.63) is 59.7 Å². The van der Waals surface area contributed by atoms with E-state index < -0.39 is 0 Å². The number of amides is 1. The Hall–Kier alpha value is -2.49. The highest BCUT2D eigenvalue weighted by Gasteiger charge is 2.33. The second-order valence-electron chi connectivity index (χ2n) is 5.64. The molecule has 0 atom stereocenters. The lowest BCUT2D eigenvalue weighted by atomic mass is 10.1. The van der Waals surface area contributed by atoms with Crippen LogP contribution in [0, 0.1) is 0 Å². The fourth-order valence-electron chi connectivity index (χ4n) is 2.69. The molecule has 3 rings (SSSR count). The maximum atomic E-state index is 12.4. The van der Waals surface area contributed by atoms with Crippen LogP contribution < -0.4 is 9.47 Å². The number of para-hydroxylation sites is 1. The Balaban J connectivity index is 1.57. The van der Waals surface area contributed by atoms with Gasteiger partial charge in [-0.2, -0.15) is 0 Å². The molecule has 4 nitrogen and oxygen atoms in total.